The van der Waals surface area contributed by atoms with Crippen molar-refractivity contribution in [3.05, 3.63) is 10.4 Å². The second-order valence-corrected chi connectivity index (χ2v) is 3.43. The summed E-state index contributed by atoms with van der Waals surface area (Å²) in [5.74, 6) is -0.153. The highest BCUT2D eigenvalue weighted by atomic mass is 16.5. The monoisotopic (exact) mass is 260 g/mol. The summed E-state index contributed by atoms with van der Waals surface area (Å²) in [6.07, 6.45) is 0. The first-order chi connectivity index (χ1) is 8.72. The zero-order chi connectivity index (χ0) is 13.6. The maximum Gasteiger partial charge on any atom is 0.248 e. The number of carbonyl (C=O) groups excluding carboxylic acids is 1. The van der Waals surface area contributed by atoms with Crippen LogP contribution in [0.25, 0.3) is 10.4 Å². The van der Waals surface area contributed by atoms with Gasteiger partial charge in [0.05, 0.1) is 26.4 Å². The van der Waals surface area contributed by atoms with E-state index in [2.05, 4.69) is 10.0 Å². The van der Waals surface area contributed by atoms with Gasteiger partial charge in [0.15, 0.2) is 0 Å². The Hall–Kier alpha value is -1.34. The smallest absolute Gasteiger partial charge is 0.248 e. The first-order valence-electron chi connectivity index (χ1n) is 5.61. The van der Waals surface area contributed by atoms with Gasteiger partial charge >= 0.3 is 0 Å². The number of methoxy groups -OCH3 is 1. The fourth-order valence-corrected chi connectivity index (χ4v) is 0.996. The average Bonchev–Trinajstić information content (AvgIpc) is 2.37. The Morgan fingerprint density at radius 3 is 2.61 bits per heavy atom. The number of rotatable bonds is 11. The number of likely N-dealkylation sites (N-methyl/N-ethyl adjacent to an activating group) is 1. The second kappa shape index (κ2) is 12.1. The van der Waals surface area contributed by atoms with Gasteiger partial charge in [-0.15, -0.1) is 0 Å². The van der Waals surface area contributed by atoms with Gasteiger partial charge in [0, 0.05) is 32.2 Å². The van der Waals surface area contributed by atoms with Gasteiger partial charge in [-0.05, 0) is 5.53 Å². The summed E-state index contributed by atoms with van der Waals surface area (Å²) >= 11 is 0. The van der Waals surface area contributed by atoms with Gasteiger partial charge in [-0.2, -0.15) is 0 Å². The van der Waals surface area contributed by atoms with E-state index < -0.39 is 0 Å². The number of hydrogen-bond acceptors (Lipinski definition) is 5. The molecule has 0 saturated heterocycles. The number of nitrogens with zero attached hydrogens (tertiary/aromatic N) is 4. The lowest BCUT2D eigenvalue weighted by Crippen LogP contribution is -2.32. The van der Waals surface area contributed by atoms with E-state index in [0.29, 0.717) is 33.0 Å². The van der Waals surface area contributed by atoms with Gasteiger partial charge in [-0.3, -0.25) is 4.79 Å². The van der Waals surface area contributed by atoms with Crippen LogP contribution in [0, 0.1) is 0 Å². The third-order valence-electron chi connectivity index (χ3n) is 2.05. The molecule has 0 radical (unpaired) electrons. The standard InChI is InChI=1S/C10H20N4O4/c1-14(4-3-12-13-11)10(15)9-18-8-7-17-6-5-16-2/h3-9H2,1-2H3. The van der Waals surface area contributed by atoms with Crippen molar-refractivity contribution in [3.63, 3.8) is 0 Å². The van der Waals surface area contributed by atoms with Gasteiger partial charge < -0.3 is 19.1 Å². The second-order valence-electron chi connectivity index (χ2n) is 3.43. The molecule has 0 atom stereocenters. The first-order valence-corrected chi connectivity index (χ1v) is 5.61. The van der Waals surface area contributed by atoms with Crippen LogP contribution in [0.1, 0.15) is 0 Å². The predicted octanol–water partition coefficient (Wildman–Crippen LogP) is 0.435. The maximum absolute atomic E-state index is 11.5. The van der Waals surface area contributed by atoms with Crippen LogP contribution in [0.4, 0.5) is 0 Å². The Morgan fingerprint density at radius 2 is 1.94 bits per heavy atom. The van der Waals surface area contributed by atoms with Crippen LogP contribution < -0.4 is 0 Å². The zero-order valence-corrected chi connectivity index (χ0v) is 10.9. The molecular weight excluding hydrogens is 240 g/mol. The van der Waals surface area contributed by atoms with Crippen molar-refractivity contribution in [3.8, 4) is 0 Å². The van der Waals surface area contributed by atoms with E-state index in [0.717, 1.165) is 0 Å². The summed E-state index contributed by atoms with van der Waals surface area (Å²) < 4.78 is 15.1. The Labute approximate surface area is 106 Å². The third kappa shape index (κ3) is 9.86. The highest BCUT2D eigenvalue weighted by molar-refractivity contribution is 5.77. The summed E-state index contributed by atoms with van der Waals surface area (Å²) in [6.45, 7) is 2.50. The molecule has 1 amide bonds. The number of azide groups is 1. The van der Waals surface area contributed by atoms with Crippen molar-refractivity contribution < 1.29 is 19.0 Å². The molecule has 0 aliphatic heterocycles. The van der Waals surface area contributed by atoms with Crippen LogP contribution in [0.15, 0.2) is 5.11 Å². The van der Waals surface area contributed by atoms with Crippen molar-refractivity contribution in [2.75, 3.05) is 60.3 Å². The van der Waals surface area contributed by atoms with Crippen molar-refractivity contribution in [1.82, 2.24) is 4.90 Å². The van der Waals surface area contributed by atoms with Crippen LogP contribution in [-0.4, -0.2) is 71.1 Å². The van der Waals surface area contributed by atoms with E-state index >= 15 is 0 Å². The van der Waals surface area contributed by atoms with Gasteiger partial charge in [-0.25, -0.2) is 0 Å². The minimum Gasteiger partial charge on any atom is -0.382 e. The number of hydrogen-bond donors (Lipinski definition) is 0. The summed E-state index contributed by atoms with van der Waals surface area (Å²) in [7, 11) is 3.23. The molecule has 8 nitrogen and oxygen atoms in total. The van der Waals surface area contributed by atoms with Crippen LogP contribution >= 0.6 is 0 Å². The van der Waals surface area contributed by atoms with Crippen molar-refractivity contribution in [2.45, 2.75) is 0 Å². The molecule has 0 aromatic heterocycles. The molecule has 0 aromatic carbocycles. The molecular formula is C10H20N4O4. The number of ether oxygens (including phenoxy) is 3. The van der Waals surface area contributed by atoms with Gasteiger partial charge in [0.1, 0.15) is 6.61 Å². The van der Waals surface area contributed by atoms with Crippen LogP contribution in [-0.2, 0) is 19.0 Å². The van der Waals surface area contributed by atoms with Crippen molar-refractivity contribution in [1.29, 1.82) is 0 Å². The van der Waals surface area contributed by atoms with Gasteiger partial charge in [0.2, 0.25) is 5.91 Å². The minimum absolute atomic E-state index is 0.000402. The Morgan fingerprint density at radius 1 is 1.28 bits per heavy atom. The van der Waals surface area contributed by atoms with E-state index in [1.807, 2.05) is 0 Å². The predicted molar refractivity (Wildman–Crippen MR) is 65.2 cm³/mol. The third-order valence-corrected chi connectivity index (χ3v) is 2.05. The Kier molecular flexibility index (Phi) is 11.2. The first kappa shape index (κ1) is 16.7. The van der Waals surface area contributed by atoms with Gasteiger partial charge in [0.25, 0.3) is 0 Å². The lowest BCUT2D eigenvalue weighted by molar-refractivity contribution is -0.135. The lowest BCUT2D eigenvalue weighted by Gasteiger charge is -2.15. The molecule has 8 heteroatoms. The zero-order valence-electron chi connectivity index (χ0n) is 10.9. The molecule has 0 saturated carbocycles. The van der Waals surface area contributed by atoms with Crippen LogP contribution in [0.2, 0.25) is 0 Å². The Bertz CT molecular complexity index is 269. The van der Waals surface area contributed by atoms with Crippen molar-refractivity contribution in [2.24, 2.45) is 5.11 Å². The molecule has 0 rings (SSSR count). The summed E-state index contributed by atoms with van der Waals surface area (Å²) in [5, 5.41) is 3.35. The Balaban J connectivity index is 3.43. The molecule has 0 aliphatic carbocycles. The molecule has 0 heterocycles. The van der Waals surface area contributed by atoms with Crippen LogP contribution in [0.3, 0.4) is 0 Å². The van der Waals surface area contributed by atoms with E-state index in [1.165, 1.54) is 4.90 Å². The molecule has 0 unspecified atom stereocenters. The van der Waals surface area contributed by atoms with Crippen LogP contribution in [0.5, 0.6) is 0 Å². The molecule has 0 bridgehead atoms. The highest BCUT2D eigenvalue weighted by Gasteiger charge is 2.07. The molecule has 0 aromatic rings. The molecule has 0 aliphatic rings. The SMILES string of the molecule is COCCOCCOCC(=O)N(C)CCN=[N+]=[N-]. The number of amides is 1. The lowest BCUT2D eigenvalue weighted by atomic mass is 10.5. The fourth-order valence-electron chi connectivity index (χ4n) is 0.996. The topological polar surface area (TPSA) is 96.8 Å². The fraction of sp³-hybridized carbons (Fsp3) is 0.900. The quantitative estimate of drug-likeness (QED) is 0.233. The molecule has 0 fully saturated rings. The van der Waals surface area contributed by atoms with Gasteiger partial charge in [-0.1, -0.05) is 5.11 Å². The summed E-state index contributed by atoms with van der Waals surface area (Å²) in [5.41, 5.74) is 8.09. The van der Waals surface area contributed by atoms with Crippen molar-refractivity contribution >= 4 is 5.91 Å². The summed E-state index contributed by atoms with van der Waals surface area (Å²) in [6, 6.07) is 0. The maximum atomic E-state index is 11.5. The normalized spacial score (nSPS) is 9.89. The summed E-state index contributed by atoms with van der Waals surface area (Å²) in [4.78, 5) is 15.5. The molecule has 0 N–H and O–H groups in total. The molecule has 0 spiro atoms. The average molecular weight is 260 g/mol. The molecule has 18 heavy (non-hydrogen) atoms. The largest absolute Gasteiger partial charge is 0.382 e. The van der Waals surface area contributed by atoms with E-state index in [1.54, 1.807) is 14.2 Å². The molecule has 104 valence electrons. The van der Waals surface area contributed by atoms with E-state index in [9.17, 15) is 4.79 Å². The highest BCUT2D eigenvalue weighted by Crippen LogP contribution is 1.88. The van der Waals surface area contributed by atoms with E-state index in [-0.39, 0.29) is 19.1 Å². The minimum atomic E-state index is -0.153. The van der Waals surface area contributed by atoms with E-state index in [4.69, 9.17) is 19.7 Å². The number of carbonyl (C=O) groups is 1.